The molecule has 4 nitrogen and oxygen atoms in total. The van der Waals surface area contributed by atoms with E-state index in [-0.39, 0.29) is 11.8 Å². The van der Waals surface area contributed by atoms with Gasteiger partial charge < -0.3 is 10.2 Å². The van der Waals surface area contributed by atoms with Crippen molar-refractivity contribution >= 4 is 46.4 Å². The van der Waals surface area contributed by atoms with E-state index in [0.717, 1.165) is 31.4 Å². The number of alkyl halides is 2. The Kier molecular flexibility index (Phi) is 6.69. The first-order chi connectivity index (χ1) is 11.4. The predicted octanol–water partition coefficient (Wildman–Crippen LogP) is 4.67. The van der Waals surface area contributed by atoms with E-state index in [1.54, 1.807) is 29.2 Å². The number of nitrogens with one attached hydrogen (secondary N) is 1. The fourth-order valence-corrected chi connectivity index (χ4v) is 3.11. The lowest BCUT2D eigenvalue weighted by atomic mass is 10.1. The summed E-state index contributed by atoms with van der Waals surface area (Å²) in [4.78, 5) is 25.7. The Labute approximate surface area is 152 Å². The van der Waals surface area contributed by atoms with E-state index in [1.165, 1.54) is 0 Å². The largest absolute Gasteiger partial charge is 0.326 e. The monoisotopic (exact) mass is 368 g/mol. The number of unbranched alkanes of at least 4 members (excludes halogenated alkanes) is 2. The zero-order chi connectivity index (χ0) is 17.6. The molecule has 2 amide bonds. The fraction of sp³-hybridized carbons (Fsp3) is 0.444. The lowest BCUT2D eigenvalue weighted by molar-refractivity contribution is -0.120. The molecule has 24 heavy (non-hydrogen) atoms. The third-order valence-electron chi connectivity index (χ3n) is 3.96. The molecule has 1 aliphatic heterocycles. The smallest absolute Gasteiger partial charge is 0.263 e. The standard InChI is InChI=1S/C18H22Cl2N2O2/c1-2-3-4-5-7-16(23)21-14-8-10-15(11-9-14)22-13-6-12-18(19,20)17(22)24/h2,8-11H,1,3-7,12-13H2,(H,21,23). The summed E-state index contributed by atoms with van der Waals surface area (Å²) in [5.41, 5.74) is 1.44. The number of allylic oxidation sites excluding steroid dienone is 1. The SMILES string of the molecule is C=CCCCCC(=O)Nc1ccc(N2CCCC(Cl)(Cl)C2=O)cc1. The van der Waals surface area contributed by atoms with Gasteiger partial charge in [-0.3, -0.25) is 9.59 Å². The van der Waals surface area contributed by atoms with Gasteiger partial charge in [-0.05, 0) is 56.4 Å². The highest BCUT2D eigenvalue weighted by molar-refractivity contribution is 6.59. The molecule has 0 unspecified atom stereocenters. The minimum absolute atomic E-state index is 0.0126. The van der Waals surface area contributed by atoms with Crippen LogP contribution >= 0.6 is 23.2 Å². The zero-order valence-electron chi connectivity index (χ0n) is 13.6. The first-order valence-corrected chi connectivity index (χ1v) is 8.90. The maximum atomic E-state index is 12.3. The van der Waals surface area contributed by atoms with Crippen molar-refractivity contribution < 1.29 is 9.59 Å². The summed E-state index contributed by atoms with van der Waals surface area (Å²) >= 11 is 12.1. The number of hydrogen-bond acceptors (Lipinski definition) is 2. The van der Waals surface area contributed by atoms with Gasteiger partial charge in [0.2, 0.25) is 5.91 Å². The van der Waals surface area contributed by atoms with Gasteiger partial charge in [0.05, 0.1) is 0 Å². The van der Waals surface area contributed by atoms with Crippen LogP contribution in [0.25, 0.3) is 0 Å². The van der Waals surface area contributed by atoms with Crippen LogP contribution in [0.1, 0.15) is 38.5 Å². The van der Waals surface area contributed by atoms with Crippen molar-refractivity contribution in [3.05, 3.63) is 36.9 Å². The van der Waals surface area contributed by atoms with E-state index in [2.05, 4.69) is 11.9 Å². The fourth-order valence-electron chi connectivity index (χ4n) is 2.63. The molecule has 1 aromatic rings. The number of anilines is 2. The minimum Gasteiger partial charge on any atom is -0.326 e. The van der Waals surface area contributed by atoms with Gasteiger partial charge in [-0.25, -0.2) is 0 Å². The molecule has 2 rings (SSSR count). The first kappa shape index (κ1) is 18.8. The molecule has 1 aliphatic rings. The van der Waals surface area contributed by atoms with E-state index in [1.807, 2.05) is 6.08 Å². The van der Waals surface area contributed by atoms with Crippen molar-refractivity contribution in [1.29, 1.82) is 0 Å². The Bertz CT molecular complexity index is 600. The van der Waals surface area contributed by atoms with Crippen LogP contribution in [0.2, 0.25) is 0 Å². The number of piperidine rings is 1. The Hall–Kier alpha value is -1.52. The molecule has 0 aliphatic carbocycles. The number of carbonyl (C=O) groups excluding carboxylic acids is 2. The summed E-state index contributed by atoms with van der Waals surface area (Å²) in [6.45, 7) is 4.25. The molecule has 0 atom stereocenters. The highest BCUT2D eigenvalue weighted by Gasteiger charge is 2.41. The number of carbonyl (C=O) groups is 2. The molecule has 0 radical (unpaired) electrons. The van der Waals surface area contributed by atoms with Crippen LogP contribution in [0.15, 0.2) is 36.9 Å². The highest BCUT2D eigenvalue weighted by atomic mass is 35.5. The molecule has 0 aromatic heterocycles. The van der Waals surface area contributed by atoms with E-state index in [4.69, 9.17) is 23.2 Å². The summed E-state index contributed by atoms with van der Waals surface area (Å²) < 4.78 is -1.35. The number of halogens is 2. The number of rotatable bonds is 7. The molecule has 6 heteroatoms. The zero-order valence-corrected chi connectivity index (χ0v) is 15.1. The van der Waals surface area contributed by atoms with Crippen LogP contribution in [0.4, 0.5) is 11.4 Å². The normalized spacial score (nSPS) is 16.8. The molecule has 1 N–H and O–H groups in total. The van der Waals surface area contributed by atoms with Crippen molar-refractivity contribution in [3.8, 4) is 0 Å². The summed E-state index contributed by atoms with van der Waals surface area (Å²) in [6.07, 6.45) is 6.29. The van der Waals surface area contributed by atoms with E-state index in [0.29, 0.717) is 25.1 Å². The Morgan fingerprint density at radius 2 is 2.00 bits per heavy atom. The van der Waals surface area contributed by atoms with Crippen molar-refractivity contribution in [2.24, 2.45) is 0 Å². The topological polar surface area (TPSA) is 49.4 Å². The third-order valence-corrected chi connectivity index (χ3v) is 4.66. The van der Waals surface area contributed by atoms with Crippen LogP contribution in [0.5, 0.6) is 0 Å². The van der Waals surface area contributed by atoms with Gasteiger partial charge in [-0.1, -0.05) is 29.3 Å². The Balaban J connectivity index is 1.92. The van der Waals surface area contributed by atoms with Crippen molar-refractivity contribution in [2.75, 3.05) is 16.8 Å². The van der Waals surface area contributed by atoms with Gasteiger partial charge in [-0.2, -0.15) is 0 Å². The molecule has 0 saturated carbocycles. The van der Waals surface area contributed by atoms with Crippen molar-refractivity contribution in [3.63, 3.8) is 0 Å². The van der Waals surface area contributed by atoms with Gasteiger partial charge >= 0.3 is 0 Å². The van der Waals surface area contributed by atoms with Gasteiger partial charge in [0.1, 0.15) is 0 Å². The lowest BCUT2D eigenvalue weighted by Crippen LogP contribution is -2.47. The van der Waals surface area contributed by atoms with Gasteiger partial charge in [-0.15, -0.1) is 6.58 Å². The summed E-state index contributed by atoms with van der Waals surface area (Å²) in [7, 11) is 0. The quantitative estimate of drug-likeness (QED) is 0.431. The number of hydrogen-bond donors (Lipinski definition) is 1. The lowest BCUT2D eigenvalue weighted by Gasteiger charge is -2.34. The van der Waals surface area contributed by atoms with Gasteiger partial charge in [0, 0.05) is 24.3 Å². The molecule has 1 fully saturated rings. The minimum atomic E-state index is -1.35. The summed E-state index contributed by atoms with van der Waals surface area (Å²) in [5.74, 6) is -0.308. The van der Waals surface area contributed by atoms with Gasteiger partial charge in [0.25, 0.3) is 5.91 Å². The molecule has 1 heterocycles. The van der Waals surface area contributed by atoms with E-state index in [9.17, 15) is 9.59 Å². The maximum Gasteiger partial charge on any atom is 0.263 e. The molecule has 1 aromatic carbocycles. The second-order valence-electron chi connectivity index (χ2n) is 5.89. The molecular weight excluding hydrogens is 347 g/mol. The maximum absolute atomic E-state index is 12.3. The third kappa shape index (κ3) is 4.99. The second kappa shape index (κ2) is 8.54. The van der Waals surface area contributed by atoms with Crippen molar-refractivity contribution in [2.45, 2.75) is 42.9 Å². The Morgan fingerprint density at radius 3 is 2.67 bits per heavy atom. The molecule has 1 saturated heterocycles. The average Bonchev–Trinajstić information content (AvgIpc) is 2.55. The molecular formula is C18H22Cl2N2O2. The van der Waals surface area contributed by atoms with Crippen LogP contribution in [0, 0.1) is 0 Å². The highest BCUT2D eigenvalue weighted by Crippen LogP contribution is 2.35. The molecule has 0 spiro atoms. The number of benzene rings is 1. The molecule has 0 bridgehead atoms. The summed E-state index contributed by atoms with van der Waals surface area (Å²) in [6, 6.07) is 7.15. The Morgan fingerprint density at radius 1 is 1.29 bits per heavy atom. The predicted molar refractivity (Wildman–Crippen MR) is 99.8 cm³/mol. The van der Waals surface area contributed by atoms with Crippen LogP contribution in [-0.2, 0) is 9.59 Å². The summed E-state index contributed by atoms with van der Waals surface area (Å²) in [5, 5.41) is 2.86. The first-order valence-electron chi connectivity index (χ1n) is 8.14. The van der Waals surface area contributed by atoms with E-state index < -0.39 is 4.33 Å². The second-order valence-corrected chi connectivity index (χ2v) is 7.38. The van der Waals surface area contributed by atoms with Crippen LogP contribution in [0.3, 0.4) is 0 Å². The van der Waals surface area contributed by atoms with E-state index >= 15 is 0 Å². The van der Waals surface area contributed by atoms with Gasteiger partial charge in [0.15, 0.2) is 4.33 Å². The van der Waals surface area contributed by atoms with Crippen LogP contribution in [-0.4, -0.2) is 22.7 Å². The van der Waals surface area contributed by atoms with Crippen LogP contribution < -0.4 is 10.2 Å². The average molecular weight is 369 g/mol. The molecule has 130 valence electrons. The van der Waals surface area contributed by atoms with Crippen molar-refractivity contribution in [1.82, 2.24) is 0 Å². The number of nitrogens with zero attached hydrogens (tertiary/aromatic N) is 1. The number of amides is 2.